The molecule has 1 N–H and O–H groups in total. The molecule has 1 heterocycles. The van der Waals surface area contributed by atoms with Gasteiger partial charge < -0.3 is 14.3 Å². The van der Waals surface area contributed by atoms with Crippen molar-refractivity contribution in [3.8, 4) is 17.1 Å². The molecule has 22 heavy (non-hydrogen) atoms. The lowest BCUT2D eigenvalue weighted by Crippen LogP contribution is -1.95. The Hall–Kier alpha value is -3.09. The van der Waals surface area contributed by atoms with Gasteiger partial charge in [-0.2, -0.15) is 0 Å². The molecule has 0 saturated carbocycles. The van der Waals surface area contributed by atoms with Crippen LogP contribution in [0, 0.1) is 10.1 Å². The quantitative estimate of drug-likeness (QED) is 0.498. The van der Waals surface area contributed by atoms with E-state index in [1.807, 2.05) is 0 Å². The zero-order valence-electron chi connectivity index (χ0n) is 11.7. The fraction of sp³-hybridized carbons (Fsp3) is 0.133. The van der Waals surface area contributed by atoms with E-state index in [9.17, 15) is 14.9 Å². The number of rotatable bonds is 6. The maximum Gasteiger partial charge on any atom is 0.328 e. The second-order valence-electron chi connectivity index (χ2n) is 4.24. The molecule has 1 aromatic heterocycles. The molecule has 0 saturated heterocycles. The molecule has 1 aromatic carbocycles. The molecule has 7 nitrogen and oxygen atoms in total. The lowest BCUT2D eigenvalue weighted by atomic mass is 10.1. The minimum absolute atomic E-state index is 0.144. The van der Waals surface area contributed by atoms with Crippen molar-refractivity contribution < 1.29 is 24.0 Å². The van der Waals surface area contributed by atoms with Crippen molar-refractivity contribution in [1.29, 1.82) is 0 Å². The van der Waals surface area contributed by atoms with E-state index in [1.165, 1.54) is 24.3 Å². The first kappa shape index (κ1) is 15.3. The summed E-state index contributed by atoms with van der Waals surface area (Å²) in [5, 5.41) is 19.8. The molecule has 2 aromatic rings. The van der Waals surface area contributed by atoms with Crippen LogP contribution in [0.4, 0.5) is 5.69 Å². The van der Waals surface area contributed by atoms with Gasteiger partial charge in [-0.15, -0.1) is 0 Å². The zero-order valence-corrected chi connectivity index (χ0v) is 11.7. The topological polar surface area (TPSA) is 103 Å². The first-order valence-electron chi connectivity index (χ1n) is 6.43. The third-order valence-corrected chi connectivity index (χ3v) is 2.76. The third-order valence-electron chi connectivity index (χ3n) is 2.76. The first-order chi connectivity index (χ1) is 10.5. The SMILES string of the molecule is CCOc1ccc(-c2ccc(C=CC(=O)O)o2)c([N+](=O)[O-])c1. The molecule has 0 fully saturated rings. The molecule has 114 valence electrons. The molecule has 0 aliphatic rings. The highest BCUT2D eigenvalue weighted by Gasteiger charge is 2.19. The van der Waals surface area contributed by atoms with Crippen molar-refractivity contribution in [2.24, 2.45) is 0 Å². The van der Waals surface area contributed by atoms with Gasteiger partial charge in [0.25, 0.3) is 5.69 Å². The van der Waals surface area contributed by atoms with E-state index in [4.69, 9.17) is 14.3 Å². The number of benzene rings is 1. The number of nitro groups is 1. The number of nitro benzene ring substituents is 1. The largest absolute Gasteiger partial charge is 0.494 e. The molecule has 0 aliphatic heterocycles. The van der Waals surface area contributed by atoms with Crippen LogP contribution in [0.25, 0.3) is 17.4 Å². The smallest absolute Gasteiger partial charge is 0.328 e. The van der Waals surface area contributed by atoms with E-state index in [0.717, 1.165) is 6.08 Å². The van der Waals surface area contributed by atoms with Crippen molar-refractivity contribution in [2.75, 3.05) is 6.61 Å². The number of hydrogen-bond donors (Lipinski definition) is 1. The summed E-state index contributed by atoms with van der Waals surface area (Å²) in [4.78, 5) is 21.1. The number of carbonyl (C=O) groups is 1. The second-order valence-corrected chi connectivity index (χ2v) is 4.24. The van der Waals surface area contributed by atoms with Gasteiger partial charge in [-0.05, 0) is 37.3 Å². The van der Waals surface area contributed by atoms with E-state index < -0.39 is 10.9 Å². The van der Waals surface area contributed by atoms with Crippen molar-refractivity contribution in [3.63, 3.8) is 0 Å². The Morgan fingerprint density at radius 3 is 2.82 bits per heavy atom. The molecule has 0 unspecified atom stereocenters. The first-order valence-corrected chi connectivity index (χ1v) is 6.43. The highest BCUT2D eigenvalue weighted by molar-refractivity contribution is 5.85. The van der Waals surface area contributed by atoms with Crippen LogP contribution < -0.4 is 4.74 Å². The predicted molar refractivity (Wildman–Crippen MR) is 78.6 cm³/mol. The van der Waals surface area contributed by atoms with E-state index in [2.05, 4.69) is 0 Å². The number of furan rings is 1. The molecule has 0 spiro atoms. The summed E-state index contributed by atoms with van der Waals surface area (Å²) in [5.74, 6) is -0.138. The van der Waals surface area contributed by atoms with Gasteiger partial charge in [0.05, 0.1) is 23.2 Å². The number of hydrogen-bond acceptors (Lipinski definition) is 5. The molecule has 0 atom stereocenters. The Kier molecular flexibility index (Phi) is 4.57. The number of ether oxygens (including phenoxy) is 1. The Bertz CT molecular complexity index is 731. The van der Waals surface area contributed by atoms with Crippen molar-refractivity contribution >= 4 is 17.7 Å². The summed E-state index contributed by atoms with van der Waals surface area (Å²) >= 11 is 0. The van der Waals surface area contributed by atoms with Crippen molar-refractivity contribution in [1.82, 2.24) is 0 Å². The molecule has 2 rings (SSSR count). The van der Waals surface area contributed by atoms with Gasteiger partial charge in [-0.3, -0.25) is 10.1 Å². The van der Waals surface area contributed by atoms with E-state index in [0.29, 0.717) is 23.7 Å². The summed E-state index contributed by atoms with van der Waals surface area (Å²) in [6.07, 6.45) is 2.20. The highest BCUT2D eigenvalue weighted by atomic mass is 16.6. The van der Waals surface area contributed by atoms with E-state index in [-0.39, 0.29) is 11.4 Å². The minimum Gasteiger partial charge on any atom is -0.494 e. The van der Waals surface area contributed by atoms with Gasteiger partial charge in [-0.25, -0.2) is 4.79 Å². The van der Waals surface area contributed by atoms with Crippen LogP contribution in [0.2, 0.25) is 0 Å². The maximum atomic E-state index is 11.2. The maximum absolute atomic E-state index is 11.2. The average molecular weight is 303 g/mol. The standard InChI is InChI=1S/C15H13NO6/c1-2-21-11-3-6-12(13(9-11)16(19)20)14-7-4-10(22-14)5-8-15(17)18/h3-9H,2H2,1H3,(H,17,18). The van der Waals surface area contributed by atoms with Gasteiger partial charge >= 0.3 is 5.97 Å². The minimum atomic E-state index is -1.11. The van der Waals surface area contributed by atoms with Crippen molar-refractivity contribution in [3.05, 3.63) is 52.3 Å². The molecular formula is C15H13NO6. The van der Waals surface area contributed by atoms with Crippen LogP contribution in [-0.2, 0) is 4.79 Å². The number of carboxylic acids is 1. The Morgan fingerprint density at radius 1 is 1.41 bits per heavy atom. The number of nitrogens with zero attached hydrogens (tertiary/aromatic N) is 1. The summed E-state index contributed by atoms with van der Waals surface area (Å²) in [6, 6.07) is 7.56. The Balaban J connectivity index is 2.39. The predicted octanol–water partition coefficient (Wildman–Crippen LogP) is 3.35. The number of carboxylic acid groups (broad SMARTS) is 1. The van der Waals surface area contributed by atoms with E-state index in [1.54, 1.807) is 19.1 Å². The van der Waals surface area contributed by atoms with Crippen LogP contribution in [0.15, 0.2) is 40.8 Å². The highest BCUT2D eigenvalue weighted by Crippen LogP contribution is 2.34. The van der Waals surface area contributed by atoms with Crippen LogP contribution in [0.1, 0.15) is 12.7 Å². The Labute approximate surface area is 125 Å². The van der Waals surface area contributed by atoms with Crippen LogP contribution in [0.3, 0.4) is 0 Å². The van der Waals surface area contributed by atoms with E-state index >= 15 is 0 Å². The fourth-order valence-corrected chi connectivity index (χ4v) is 1.87. The lowest BCUT2D eigenvalue weighted by molar-refractivity contribution is -0.384. The summed E-state index contributed by atoms with van der Waals surface area (Å²) in [6.45, 7) is 2.19. The molecule has 0 bridgehead atoms. The molecule has 0 amide bonds. The summed E-state index contributed by atoms with van der Waals surface area (Å²) < 4.78 is 10.7. The van der Waals surface area contributed by atoms with Crippen LogP contribution in [-0.4, -0.2) is 22.6 Å². The van der Waals surface area contributed by atoms with Gasteiger partial charge in [0.15, 0.2) is 0 Å². The zero-order chi connectivity index (χ0) is 16.1. The average Bonchev–Trinajstić information content (AvgIpc) is 2.94. The lowest BCUT2D eigenvalue weighted by Gasteiger charge is -2.05. The number of aliphatic carboxylic acids is 1. The van der Waals surface area contributed by atoms with Gasteiger partial charge in [0.1, 0.15) is 17.3 Å². The van der Waals surface area contributed by atoms with Gasteiger partial charge in [0, 0.05) is 6.08 Å². The van der Waals surface area contributed by atoms with Crippen LogP contribution >= 0.6 is 0 Å². The molecule has 0 aliphatic carbocycles. The molecule has 0 radical (unpaired) electrons. The van der Waals surface area contributed by atoms with Gasteiger partial charge in [-0.1, -0.05) is 0 Å². The normalized spacial score (nSPS) is 10.8. The van der Waals surface area contributed by atoms with Gasteiger partial charge in [0.2, 0.25) is 0 Å². The fourth-order valence-electron chi connectivity index (χ4n) is 1.87. The summed E-state index contributed by atoms with van der Waals surface area (Å²) in [7, 11) is 0. The monoisotopic (exact) mass is 303 g/mol. The summed E-state index contributed by atoms with van der Waals surface area (Å²) in [5.41, 5.74) is 0.150. The second kappa shape index (κ2) is 6.57. The molecule has 7 heteroatoms. The Morgan fingerprint density at radius 2 is 2.18 bits per heavy atom. The molecular weight excluding hydrogens is 290 g/mol. The van der Waals surface area contributed by atoms with Crippen LogP contribution in [0.5, 0.6) is 5.75 Å². The van der Waals surface area contributed by atoms with Crippen molar-refractivity contribution in [2.45, 2.75) is 6.92 Å². The third kappa shape index (κ3) is 3.51.